The summed E-state index contributed by atoms with van der Waals surface area (Å²) in [6, 6.07) is 1.96. The van der Waals surface area contributed by atoms with Gasteiger partial charge in [0.15, 0.2) is 0 Å². The van der Waals surface area contributed by atoms with Crippen LogP contribution < -0.4 is 5.73 Å². The topological polar surface area (TPSA) is 38.9 Å². The number of thioether (sulfide) groups is 1. The van der Waals surface area contributed by atoms with E-state index in [0.29, 0.717) is 5.92 Å². The second-order valence-electron chi connectivity index (χ2n) is 3.32. The van der Waals surface area contributed by atoms with Gasteiger partial charge >= 0.3 is 0 Å². The molecule has 1 aromatic heterocycles. The number of pyridine rings is 1. The molecule has 0 spiro atoms. The van der Waals surface area contributed by atoms with Gasteiger partial charge in [-0.05, 0) is 29.8 Å². The van der Waals surface area contributed by atoms with Gasteiger partial charge in [-0.2, -0.15) is 11.8 Å². The average Bonchev–Trinajstić information content (AvgIpc) is 2.20. The van der Waals surface area contributed by atoms with E-state index in [9.17, 15) is 0 Å². The molecule has 14 heavy (non-hydrogen) atoms. The fourth-order valence-corrected chi connectivity index (χ4v) is 2.35. The number of aromatic nitrogens is 1. The SMILES string of the molecule is CC(CN)CSCc1ccncc1Cl. The molecule has 0 amide bonds. The molecule has 0 bridgehead atoms. The van der Waals surface area contributed by atoms with Crippen LogP contribution in [0.5, 0.6) is 0 Å². The van der Waals surface area contributed by atoms with Gasteiger partial charge in [0.1, 0.15) is 0 Å². The van der Waals surface area contributed by atoms with Crippen molar-refractivity contribution in [3.63, 3.8) is 0 Å². The lowest BCUT2D eigenvalue weighted by Crippen LogP contribution is -2.12. The zero-order chi connectivity index (χ0) is 10.4. The molecule has 1 atom stereocenters. The van der Waals surface area contributed by atoms with Crippen molar-refractivity contribution >= 4 is 23.4 Å². The van der Waals surface area contributed by atoms with Crippen molar-refractivity contribution < 1.29 is 0 Å². The van der Waals surface area contributed by atoms with E-state index < -0.39 is 0 Å². The van der Waals surface area contributed by atoms with E-state index >= 15 is 0 Å². The first-order valence-corrected chi connectivity index (χ1v) is 6.13. The van der Waals surface area contributed by atoms with Crippen LogP contribution in [-0.4, -0.2) is 17.3 Å². The molecule has 0 aromatic carbocycles. The minimum Gasteiger partial charge on any atom is -0.330 e. The van der Waals surface area contributed by atoms with E-state index in [1.54, 1.807) is 12.4 Å². The second-order valence-corrected chi connectivity index (χ2v) is 4.76. The van der Waals surface area contributed by atoms with Gasteiger partial charge in [0.25, 0.3) is 0 Å². The standard InChI is InChI=1S/C10H15ClN2S/c1-8(4-12)6-14-7-9-2-3-13-5-10(9)11/h2-3,5,8H,4,6-7,12H2,1H3. The summed E-state index contributed by atoms with van der Waals surface area (Å²) in [6.07, 6.45) is 3.46. The molecule has 1 aromatic rings. The molecule has 0 aliphatic rings. The summed E-state index contributed by atoms with van der Waals surface area (Å²) in [5.41, 5.74) is 6.68. The number of hydrogen-bond donors (Lipinski definition) is 1. The summed E-state index contributed by atoms with van der Waals surface area (Å²) in [5.74, 6) is 2.58. The van der Waals surface area contributed by atoms with Crippen molar-refractivity contribution in [3.05, 3.63) is 29.0 Å². The third-order valence-corrected chi connectivity index (χ3v) is 3.58. The smallest absolute Gasteiger partial charge is 0.0629 e. The normalized spacial score (nSPS) is 12.8. The third kappa shape index (κ3) is 3.86. The highest BCUT2D eigenvalue weighted by Gasteiger charge is 2.02. The Kier molecular flexibility index (Phi) is 5.30. The monoisotopic (exact) mass is 230 g/mol. The van der Waals surface area contributed by atoms with Gasteiger partial charge in [0.2, 0.25) is 0 Å². The summed E-state index contributed by atoms with van der Waals surface area (Å²) in [4.78, 5) is 3.94. The van der Waals surface area contributed by atoms with Crippen LogP contribution in [0.2, 0.25) is 5.02 Å². The lowest BCUT2D eigenvalue weighted by Gasteiger charge is -2.08. The van der Waals surface area contributed by atoms with Gasteiger partial charge in [-0.15, -0.1) is 0 Å². The maximum absolute atomic E-state index is 5.97. The van der Waals surface area contributed by atoms with Crippen molar-refractivity contribution in [2.45, 2.75) is 12.7 Å². The van der Waals surface area contributed by atoms with Crippen LogP contribution in [0.25, 0.3) is 0 Å². The number of nitrogens with two attached hydrogens (primary N) is 1. The molecule has 0 fully saturated rings. The molecule has 0 saturated heterocycles. The van der Waals surface area contributed by atoms with Crippen molar-refractivity contribution in [3.8, 4) is 0 Å². The molecule has 1 rings (SSSR count). The van der Waals surface area contributed by atoms with E-state index in [-0.39, 0.29) is 0 Å². The zero-order valence-electron chi connectivity index (χ0n) is 8.24. The minimum atomic E-state index is 0.570. The van der Waals surface area contributed by atoms with E-state index in [1.165, 1.54) is 0 Å². The fraction of sp³-hybridized carbons (Fsp3) is 0.500. The molecule has 78 valence electrons. The minimum absolute atomic E-state index is 0.570. The predicted octanol–water partition coefficient (Wildman–Crippen LogP) is 2.56. The van der Waals surface area contributed by atoms with Gasteiger partial charge in [-0.3, -0.25) is 4.98 Å². The molecular formula is C10H15ClN2S. The molecule has 1 heterocycles. The van der Waals surface area contributed by atoms with Crippen molar-refractivity contribution in [2.24, 2.45) is 11.7 Å². The van der Waals surface area contributed by atoms with E-state index in [0.717, 1.165) is 28.6 Å². The van der Waals surface area contributed by atoms with Gasteiger partial charge in [-0.1, -0.05) is 18.5 Å². The van der Waals surface area contributed by atoms with Crippen LogP contribution >= 0.6 is 23.4 Å². The first kappa shape index (κ1) is 11.8. The predicted molar refractivity (Wildman–Crippen MR) is 63.6 cm³/mol. The first-order valence-electron chi connectivity index (χ1n) is 4.60. The summed E-state index contributed by atoms with van der Waals surface area (Å²) >= 11 is 7.83. The molecule has 0 saturated carbocycles. The Morgan fingerprint density at radius 2 is 2.43 bits per heavy atom. The summed E-state index contributed by atoms with van der Waals surface area (Å²) < 4.78 is 0. The maximum Gasteiger partial charge on any atom is 0.0629 e. The maximum atomic E-state index is 5.97. The largest absolute Gasteiger partial charge is 0.330 e. The first-order chi connectivity index (χ1) is 6.74. The fourth-order valence-electron chi connectivity index (χ4n) is 0.959. The number of rotatable bonds is 5. The lowest BCUT2D eigenvalue weighted by molar-refractivity contribution is 0.675. The molecule has 0 aliphatic heterocycles. The van der Waals surface area contributed by atoms with Crippen molar-refractivity contribution in [1.82, 2.24) is 4.98 Å². The highest BCUT2D eigenvalue weighted by atomic mass is 35.5. The van der Waals surface area contributed by atoms with E-state index in [2.05, 4.69) is 11.9 Å². The van der Waals surface area contributed by atoms with Gasteiger partial charge < -0.3 is 5.73 Å². The Balaban J connectivity index is 2.35. The Morgan fingerprint density at radius 3 is 3.07 bits per heavy atom. The molecule has 2 N–H and O–H groups in total. The third-order valence-electron chi connectivity index (χ3n) is 1.92. The highest BCUT2D eigenvalue weighted by molar-refractivity contribution is 7.98. The van der Waals surface area contributed by atoms with Gasteiger partial charge in [0.05, 0.1) is 5.02 Å². The van der Waals surface area contributed by atoms with Gasteiger partial charge in [0, 0.05) is 18.1 Å². The van der Waals surface area contributed by atoms with Crippen LogP contribution in [-0.2, 0) is 5.75 Å². The van der Waals surface area contributed by atoms with Crippen molar-refractivity contribution in [2.75, 3.05) is 12.3 Å². The Morgan fingerprint density at radius 1 is 1.64 bits per heavy atom. The highest BCUT2D eigenvalue weighted by Crippen LogP contribution is 2.20. The Bertz CT molecular complexity index is 281. The lowest BCUT2D eigenvalue weighted by atomic mass is 10.2. The summed E-state index contributed by atoms with van der Waals surface area (Å²) in [5, 5.41) is 0.750. The summed E-state index contributed by atoms with van der Waals surface area (Å²) in [6.45, 7) is 2.90. The quantitative estimate of drug-likeness (QED) is 0.845. The summed E-state index contributed by atoms with van der Waals surface area (Å²) in [7, 11) is 0. The number of nitrogens with zero attached hydrogens (tertiary/aromatic N) is 1. The number of hydrogen-bond acceptors (Lipinski definition) is 3. The second kappa shape index (κ2) is 6.27. The van der Waals surface area contributed by atoms with Crippen LogP contribution in [0.3, 0.4) is 0 Å². The van der Waals surface area contributed by atoms with Crippen LogP contribution in [0.4, 0.5) is 0 Å². The zero-order valence-corrected chi connectivity index (χ0v) is 9.81. The molecule has 1 unspecified atom stereocenters. The van der Waals surface area contributed by atoms with Crippen LogP contribution in [0, 0.1) is 5.92 Å². The Hall–Kier alpha value is -0.250. The van der Waals surface area contributed by atoms with Gasteiger partial charge in [-0.25, -0.2) is 0 Å². The number of halogens is 1. The molecule has 0 radical (unpaired) electrons. The molecule has 2 nitrogen and oxygen atoms in total. The Labute approximate surface area is 94.2 Å². The average molecular weight is 231 g/mol. The van der Waals surface area contributed by atoms with Crippen LogP contribution in [0.15, 0.2) is 18.5 Å². The molecule has 4 heteroatoms. The van der Waals surface area contributed by atoms with E-state index in [4.69, 9.17) is 17.3 Å². The molecule has 0 aliphatic carbocycles. The molecular weight excluding hydrogens is 216 g/mol. The van der Waals surface area contributed by atoms with Crippen LogP contribution in [0.1, 0.15) is 12.5 Å². The van der Waals surface area contributed by atoms with E-state index in [1.807, 2.05) is 17.8 Å². The van der Waals surface area contributed by atoms with Crippen molar-refractivity contribution in [1.29, 1.82) is 0 Å².